The molecule has 1 fully saturated rings. The van der Waals surface area contributed by atoms with E-state index in [1.165, 1.54) is 12.1 Å². The topological polar surface area (TPSA) is 51.1 Å². The third-order valence-corrected chi connectivity index (χ3v) is 5.63. The van der Waals surface area contributed by atoms with Crippen molar-refractivity contribution in [1.82, 2.24) is 4.90 Å². The van der Waals surface area contributed by atoms with E-state index in [4.69, 9.17) is 9.57 Å². The summed E-state index contributed by atoms with van der Waals surface area (Å²) < 4.78 is 18.7. The van der Waals surface area contributed by atoms with Gasteiger partial charge in [-0.05, 0) is 42.7 Å². The largest absolute Gasteiger partial charge is 0.496 e. The van der Waals surface area contributed by atoms with E-state index in [-0.39, 0.29) is 23.7 Å². The highest BCUT2D eigenvalue weighted by Gasteiger charge is 2.33. The molecule has 2 aromatic carbocycles. The van der Waals surface area contributed by atoms with Gasteiger partial charge in [-0.3, -0.25) is 4.79 Å². The van der Waals surface area contributed by atoms with Crippen LogP contribution in [-0.4, -0.2) is 36.3 Å². The Bertz CT molecular complexity index is 893. The van der Waals surface area contributed by atoms with Gasteiger partial charge in [0.05, 0.1) is 19.4 Å². The van der Waals surface area contributed by atoms with E-state index in [0.29, 0.717) is 19.5 Å². The Balaban J connectivity index is 1.45. The Kier molecular flexibility index (Phi) is 5.79. The molecule has 2 aliphatic rings. The van der Waals surface area contributed by atoms with Crippen molar-refractivity contribution in [3.05, 3.63) is 65.5 Å². The van der Waals surface area contributed by atoms with E-state index in [1.54, 1.807) is 19.2 Å². The van der Waals surface area contributed by atoms with Crippen molar-refractivity contribution in [2.45, 2.75) is 38.3 Å². The summed E-state index contributed by atoms with van der Waals surface area (Å²) in [6.07, 6.45) is 3.37. The third kappa shape index (κ3) is 4.42. The van der Waals surface area contributed by atoms with Gasteiger partial charge >= 0.3 is 0 Å². The summed E-state index contributed by atoms with van der Waals surface area (Å²) in [7, 11) is 1.63. The number of carbonyl (C=O) groups is 1. The summed E-state index contributed by atoms with van der Waals surface area (Å²) in [6.45, 7) is 0.897. The molecule has 0 saturated heterocycles. The summed E-state index contributed by atoms with van der Waals surface area (Å²) in [5, 5.41) is 4.26. The number of ether oxygens (including phenoxy) is 1. The summed E-state index contributed by atoms with van der Waals surface area (Å²) in [4.78, 5) is 20.5. The lowest BCUT2D eigenvalue weighted by molar-refractivity contribution is -0.140. The molecule has 1 amide bonds. The Labute approximate surface area is 170 Å². The standard InChI is InChI=1S/C23H25FN2O3/c1-28-22-8-3-2-7-20(22)21-13-19(29-25-21)15-26(23(27)17-5-4-6-17)14-16-9-11-18(24)12-10-16/h2-3,7-12,17,19H,4-6,13-15H2,1H3/t19-/m0/s1. The minimum atomic E-state index is -0.278. The molecule has 0 radical (unpaired) electrons. The Morgan fingerprint density at radius 2 is 1.97 bits per heavy atom. The molecule has 1 saturated carbocycles. The maximum Gasteiger partial charge on any atom is 0.226 e. The average molecular weight is 396 g/mol. The van der Waals surface area contributed by atoms with Crippen LogP contribution >= 0.6 is 0 Å². The van der Waals surface area contributed by atoms with Crippen LogP contribution in [0, 0.1) is 11.7 Å². The van der Waals surface area contributed by atoms with Gasteiger partial charge in [-0.2, -0.15) is 0 Å². The van der Waals surface area contributed by atoms with Crippen molar-refractivity contribution in [2.24, 2.45) is 11.1 Å². The summed E-state index contributed by atoms with van der Waals surface area (Å²) >= 11 is 0. The van der Waals surface area contributed by atoms with Gasteiger partial charge in [0.2, 0.25) is 5.91 Å². The van der Waals surface area contributed by atoms with Crippen LogP contribution in [0.25, 0.3) is 0 Å². The van der Waals surface area contributed by atoms with E-state index < -0.39 is 0 Å². The van der Waals surface area contributed by atoms with Crippen LogP contribution in [0.2, 0.25) is 0 Å². The van der Waals surface area contributed by atoms with E-state index in [2.05, 4.69) is 5.16 Å². The van der Waals surface area contributed by atoms with Crippen molar-refractivity contribution in [3.8, 4) is 5.75 Å². The molecule has 1 aliphatic heterocycles. The number of hydrogen-bond acceptors (Lipinski definition) is 4. The van der Waals surface area contributed by atoms with Gasteiger partial charge in [-0.1, -0.05) is 35.8 Å². The molecule has 0 bridgehead atoms. The number of halogens is 1. The predicted molar refractivity (Wildman–Crippen MR) is 108 cm³/mol. The highest BCUT2D eigenvalue weighted by atomic mass is 19.1. The number of carbonyl (C=O) groups excluding carboxylic acids is 1. The monoisotopic (exact) mass is 396 g/mol. The van der Waals surface area contributed by atoms with Gasteiger partial charge in [-0.25, -0.2) is 4.39 Å². The van der Waals surface area contributed by atoms with Crippen molar-refractivity contribution in [2.75, 3.05) is 13.7 Å². The van der Waals surface area contributed by atoms with E-state index >= 15 is 0 Å². The molecular weight excluding hydrogens is 371 g/mol. The fraction of sp³-hybridized carbons (Fsp3) is 0.391. The second-order valence-electron chi connectivity index (χ2n) is 7.64. The first-order chi connectivity index (χ1) is 14.1. The normalized spacial score (nSPS) is 18.6. The molecule has 1 aliphatic carbocycles. The van der Waals surface area contributed by atoms with Crippen LogP contribution in [0.1, 0.15) is 36.8 Å². The van der Waals surface area contributed by atoms with Gasteiger partial charge in [0.1, 0.15) is 11.6 Å². The van der Waals surface area contributed by atoms with Crippen molar-refractivity contribution in [3.63, 3.8) is 0 Å². The molecule has 1 atom stereocenters. The number of rotatable bonds is 7. The number of nitrogens with zero attached hydrogens (tertiary/aromatic N) is 2. The highest BCUT2D eigenvalue weighted by molar-refractivity contribution is 6.03. The minimum Gasteiger partial charge on any atom is -0.496 e. The molecule has 0 aromatic heterocycles. The van der Waals surface area contributed by atoms with E-state index in [0.717, 1.165) is 41.9 Å². The molecule has 0 N–H and O–H groups in total. The maximum atomic E-state index is 13.2. The summed E-state index contributed by atoms with van der Waals surface area (Å²) in [5.74, 6) is 0.713. The molecule has 152 valence electrons. The number of benzene rings is 2. The smallest absolute Gasteiger partial charge is 0.226 e. The number of para-hydroxylation sites is 1. The van der Waals surface area contributed by atoms with Crippen molar-refractivity contribution >= 4 is 11.6 Å². The zero-order valence-electron chi connectivity index (χ0n) is 16.5. The first-order valence-electron chi connectivity index (χ1n) is 10.0. The van der Waals surface area contributed by atoms with Gasteiger partial charge in [-0.15, -0.1) is 0 Å². The number of hydrogen-bond donors (Lipinski definition) is 0. The number of methoxy groups -OCH3 is 1. The van der Waals surface area contributed by atoms with Crippen molar-refractivity contribution < 1.29 is 18.8 Å². The highest BCUT2D eigenvalue weighted by Crippen LogP contribution is 2.30. The van der Waals surface area contributed by atoms with Crippen molar-refractivity contribution in [1.29, 1.82) is 0 Å². The fourth-order valence-electron chi connectivity index (χ4n) is 3.77. The zero-order chi connectivity index (χ0) is 20.2. The quantitative estimate of drug-likeness (QED) is 0.706. The number of oxime groups is 1. The predicted octanol–water partition coefficient (Wildman–Crippen LogP) is 4.16. The maximum absolute atomic E-state index is 13.2. The molecule has 2 aromatic rings. The lowest BCUT2D eigenvalue weighted by Crippen LogP contribution is -2.42. The second-order valence-corrected chi connectivity index (χ2v) is 7.64. The molecule has 29 heavy (non-hydrogen) atoms. The lowest BCUT2D eigenvalue weighted by Gasteiger charge is -2.32. The summed E-state index contributed by atoms with van der Waals surface area (Å²) in [5.41, 5.74) is 2.64. The van der Waals surface area contributed by atoms with Gasteiger partial charge < -0.3 is 14.5 Å². The number of amides is 1. The Morgan fingerprint density at radius 3 is 2.66 bits per heavy atom. The lowest BCUT2D eigenvalue weighted by atomic mass is 9.84. The van der Waals surface area contributed by atoms with Gasteiger partial charge in [0, 0.05) is 24.4 Å². The fourth-order valence-corrected chi connectivity index (χ4v) is 3.77. The second kappa shape index (κ2) is 8.64. The first kappa shape index (κ1) is 19.4. The zero-order valence-corrected chi connectivity index (χ0v) is 16.5. The van der Waals surface area contributed by atoms with Crippen LogP contribution < -0.4 is 4.74 Å². The van der Waals surface area contributed by atoms with Crippen LogP contribution in [0.4, 0.5) is 4.39 Å². The van der Waals surface area contributed by atoms with E-state index in [9.17, 15) is 9.18 Å². The van der Waals surface area contributed by atoms with E-state index in [1.807, 2.05) is 29.2 Å². The minimum absolute atomic E-state index is 0.0893. The molecule has 0 spiro atoms. The Morgan fingerprint density at radius 1 is 1.21 bits per heavy atom. The van der Waals surface area contributed by atoms with Crippen LogP contribution in [0.3, 0.4) is 0 Å². The van der Waals surface area contributed by atoms with Gasteiger partial charge in [0.15, 0.2) is 6.10 Å². The van der Waals surface area contributed by atoms with Crippen LogP contribution in [0.15, 0.2) is 53.7 Å². The van der Waals surface area contributed by atoms with Crippen LogP contribution in [0.5, 0.6) is 5.75 Å². The molecular formula is C23H25FN2O3. The van der Waals surface area contributed by atoms with Crippen LogP contribution in [-0.2, 0) is 16.2 Å². The SMILES string of the molecule is COc1ccccc1C1=NO[C@H](CN(Cc2ccc(F)cc2)C(=O)C2CCC2)C1. The molecule has 0 unspecified atom stereocenters. The first-order valence-corrected chi connectivity index (χ1v) is 10.0. The summed E-state index contributed by atoms with van der Waals surface area (Å²) in [6, 6.07) is 14.0. The average Bonchev–Trinajstić information content (AvgIpc) is 3.16. The Hall–Kier alpha value is -2.89. The molecule has 4 rings (SSSR count). The van der Waals surface area contributed by atoms with Gasteiger partial charge in [0.25, 0.3) is 0 Å². The molecule has 1 heterocycles. The third-order valence-electron chi connectivity index (χ3n) is 5.63. The molecule has 6 heteroatoms. The molecule has 5 nitrogen and oxygen atoms in total.